The van der Waals surface area contributed by atoms with Crippen LogP contribution < -0.4 is 14.8 Å². The first-order valence-corrected chi connectivity index (χ1v) is 12.8. The molecule has 4 rings (SSSR count). The Kier molecular flexibility index (Phi) is 6.58. The van der Waals surface area contributed by atoms with Gasteiger partial charge in [-0.05, 0) is 65.1 Å². The van der Waals surface area contributed by atoms with E-state index in [0.29, 0.717) is 42.2 Å². The van der Waals surface area contributed by atoms with Gasteiger partial charge in [0.25, 0.3) is 0 Å². The summed E-state index contributed by atoms with van der Waals surface area (Å²) < 4.78 is 14.4. The summed E-state index contributed by atoms with van der Waals surface area (Å²) in [4.78, 5) is 18.1. The molecule has 2 heterocycles. The van der Waals surface area contributed by atoms with E-state index in [1.54, 1.807) is 11.8 Å². The second-order valence-electron chi connectivity index (χ2n) is 8.65. The van der Waals surface area contributed by atoms with Crippen molar-refractivity contribution in [1.29, 1.82) is 0 Å². The number of fused-ring (bicyclic) bond motifs is 1. The summed E-state index contributed by atoms with van der Waals surface area (Å²) in [6.07, 6.45) is 1.28. The molecule has 2 aliphatic rings. The van der Waals surface area contributed by atoms with Crippen molar-refractivity contribution in [3.8, 4) is 11.5 Å². The number of anilines is 1. The van der Waals surface area contributed by atoms with Crippen LogP contribution in [0.3, 0.4) is 0 Å². The lowest BCUT2D eigenvalue weighted by molar-refractivity contribution is -0.118. The van der Waals surface area contributed by atoms with Crippen molar-refractivity contribution in [2.45, 2.75) is 58.7 Å². The average Bonchev–Trinajstić information content (AvgIpc) is 3.10. The fraction of sp³-hybridized carbons (Fsp3) is 0.522. The first kappa shape index (κ1) is 23.2. The van der Waals surface area contributed by atoms with Crippen LogP contribution in [0.4, 0.5) is 5.95 Å². The zero-order valence-corrected chi connectivity index (χ0v) is 21.5. The molecule has 1 aliphatic heterocycles. The smallest absolute Gasteiger partial charge is 0.227 e. The minimum absolute atomic E-state index is 0.105. The van der Waals surface area contributed by atoms with Crippen molar-refractivity contribution in [3.05, 3.63) is 33.4 Å². The van der Waals surface area contributed by atoms with Gasteiger partial charge in [0.1, 0.15) is 6.04 Å². The first-order valence-electron chi connectivity index (χ1n) is 11.0. The van der Waals surface area contributed by atoms with E-state index in [2.05, 4.69) is 42.0 Å². The summed E-state index contributed by atoms with van der Waals surface area (Å²) in [5.41, 5.74) is 2.50. The normalized spacial score (nSPS) is 19.3. The average molecular weight is 521 g/mol. The minimum Gasteiger partial charge on any atom is -0.490 e. The summed E-state index contributed by atoms with van der Waals surface area (Å²) in [7, 11) is 0. The van der Waals surface area contributed by atoms with Crippen molar-refractivity contribution < 1.29 is 14.3 Å². The Hall–Kier alpha value is -2.00. The van der Waals surface area contributed by atoms with Gasteiger partial charge >= 0.3 is 0 Å². The lowest BCUT2D eigenvalue weighted by Gasteiger charge is -2.38. The molecule has 1 aromatic heterocycles. The number of ketones is 1. The Morgan fingerprint density at radius 3 is 2.66 bits per heavy atom. The van der Waals surface area contributed by atoms with Gasteiger partial charge in [0.2, 0.25) is 11.1 Å². The molecule has 0 saturated carbocycles. The fourth-order valence-electron chi connectivity index (χ4n) is 4.38. The van der Waals surface area contributed by atoms with Crippen molar-refractivity contribution in [2.24, 2.45) is 5.41 Å². The maximum atomic E-state index is 13.4. The molecule has 32 heavy (non-hydrogen) atoms. The van der Waals surface area contributed by atoms with Gasteiger partial charge in [-0.25, -0.2) is 4.68 Å². The van der Waals surface area contributed by atoms with E-state index in [9.17, 15) is 4.79 Å². The number of aromatic nitrogens is 3. The number of thioether (sulfide) groups is 1. The largest absolute Gasteiger partial charge is 0.490 e. The third-order valence-electron chi connectivity index (χ3n) is 5.52. The highest BCUT2D eigenvalue weighted by Crippen LogP contribution is 2.48. The highest BCUT2D eigenvalue weighted by molar-refractivity contribution is 9.10. The predicted octanol–water partition coefficient (Wildman–Crippen LogP) is 5.61. The third kappa shape index (κ3) is 4.29. The number of carbonyl (C=O) groups excluding carboxylic acids is 1. The zero-order valence-electron chi connectivity index (χ0n) is 19.1. The van der Waals surface area contributed by atoms with Gasteiger partial charge in [0.15, 0.2) is 17.3 Å². The summed E-state index contributed by atoms with van der Waals surface area (Å²) >= 11 is 5.24. The molecule has 0 amide bonds. The molecular formula is C23H29BrN4O3S. The van der Waals surface area contributed by atoms with Gasteiger partial charge in [-0.15, -0.1) is 5.10 Å². The molecule has 7 nitrogen and oxygen atoms in total. The molecule has 1 aliphatic carbocycles. The highest BCUT2D eigenvalue weighted by Gasteiger charge is 2.42. The number of hydrogen-bond acceptors (Lipinski definition) is 7. The molecule has 172 valence electrons. The van der Waals surface area contributed by atoms with E-state index in [1.807, 2.05) is 30.7 Å². The van der Waals surface area contributed by atoms with Gasteiger partial charge in [0, 0.05) is 17.7 Å². The summed E-state index contributed by atoms with van der Waals surface area (Å²) in [6.45, 7) is 11.2. The van der Waals surface area contributed by atoms with E-state index in [0.717, 1.165) is 33.5 Å². The number of rotatable bonds is 7. The van der Waals surface area contributed by atoms with E-state index in [4.69, 9.17) is 19.6 Å². The molecule has 0 spiro atoms. The van der Waals surface area contributed by atoms with Crippen molar-refractivity contribution >= 4 is 39.4 Å². The maximum Gasteiger partial charge on any atom is 0.227 e. The summed E-state index contributed by atoms with van der Waals surface area (Å²) in [5.74, 6) is 2.99. The number of halogens is 1. The van der Waals surface area contributed by atoms with Crippen molar-refractivity contribution in [2.75, 3.05) is 24.3 Å². The Morgan fingerprint density at radius 1 is 1.22 bits per heavy atom. The van der Waals surface area contributed by atoms with Crippen LogP contribution in [-0.4, -0.2) is 39.5 Å². The number of nitrogens with one attached hydrogen (secondary N) is 1. The summed E-state index contributed by atoms with van der Waals surface area (Å²) in [5, 5.41) is 8.87. The topological polar surface area (TPSA) is 78.3 Å². The maximum absolute atomic E-state index is 13.4. The van der Waals surface area contributed by atoms with Crippen LogP contribution in [0.1, 0.15) is 59.1 Å². The third-order valence-corrected chi connectivity index (χ3v) is 6.83. The van der Waals surface area contributed by atoms with Crippen LogP contribution >= 0.6 is 27.7 Å². The number of Topliss-reactive ketones (excluding diaryl/α,β-unsaturated/α-hetero) is 1. The molecule has 9 heteroatoms. The van der Waals surface area contributed by atoms with E-state index >= 15 is 0 Å². The monoisotopic (exact) mass is 520 g/mol. The van der Waals surface area contributed by atoms with Crippen LogP contribution in [0.15, 0.2) is 33.0 Å². The molecule has 0 fully saturated rings. The molecule has 1 aromatic carbocycles. The summed E-state index contributed by atoms with van der Waals surface area (Å²) in [6, 6.07) is 3.58. The van der Waals surface area contributed by atoms with E-state index in [1.165, 1.54) is 0 Å². The van der Waals surface area contributed by atoms with Crippen LogP contribution in [0.5, 0.6) is 11.5 Å². The quantitative estimate of drug-likeness (QED) is 0.475. The molecule has 2 aromatic rings. The molecule has 0 radical (unpaired) electrons. The Labute approximate surface area is 201 Å². The Morgan fingerprint density at radius 2 is 1.97 bits per heavy atom. The number of ether oxygens (including phenoxy) is 2. The van der Waals surface area contributed by atoms with Crippen LogP contribution in [-0.2, 0) is 4.79 Å². The second-order valence-corrected chi connectivity index (χ2v) is 10.7. The molecule has 0 saturated heterocycles. The number of allylic oxidation sites excluding steroid dienone is 2. The molecule has 1 unspecified atom stereocenters. The number of carbonyl (C=O) groups is 1. The van der Waals surface area contributed by atoms with Gasteiger partial charge in [-0.2, -0.15) is 4.98 Å². The highest BCUT2D eigenvalue weighted by atomic mass is 79.9. The number of hydrogen-bond donors (Lipinski definition) is 1. The first-order chi connectivity index (χ1) is 15.3. The van der Waals surface area contributed by atoms with Crippen molar-refractivity contribution in [3.63, 3.8) is 0 Å². The second kappa shape index (κ2) is 9.09. The Bertz CT molecular complexity index is 1080. The van der Waals surface area contributed by atoms with Crippen molar-refractivity contribution in [1.82, 2.24) is 14.8 Å². The fourth-order valence-corrected chi connectivity index (χ4v) is 5.51. The minimum atomic E-state index is -0.380. The number of nitrogens with zero attached hydrogens (tertiary/aromatic N) is 3. The predicted molar refractivity (Wildman–Crippen MR) is 130 cm³/mol. The van der Waals surface area contributed by atoms with E-state index < -0.39 is 0 Å². The molecule has 0 bridgehead atoms. The zero-order chi connectivity index (χ0) is 23.0. The van der Waals surface area contributed by atoms with Gasteiger partial charge in [0.05, 0.1) is 17.7 Å². The lowest BCUT2D eigenvalue weighted by Crippen LogP contribution is -2.36. The molecule has 1 atom stereocenters. The van der Waals surface area contributed by atoms with E-state index in [-0.39, 0.29) is 17.2 Å². The lowest BCUT2D eigenvalue weighted by atomic mass is 9.73. The number of benzene rings is 1. The van der Waals surface area contributed by atoms with Crippen LogP contribution in [0.2, 0.25) is 0 Å². The SMILES string of the molecule is CCOc1cc(C2C3=C(CC(C)(C)CC3=O)Nc3nc(SCC)nn32)cc(Br)c1OCC. The van der Waals surface area contributed by atoms with Gasteiger partial charge < -0.3 is 14.8 Å². The van der Waals surface area contributed by atoms with Crippen LogP contribution in [0, 0.1) is 5.41 Å². The van der Waals surface area contributed by atoms with Gasteiger partial charge in [-0.1, -0.05) is 32.5 Å². The molecular weight excluding hydrogens is 492 g/mol. The standard InChI is InChI=1S/C23H29BrN4O3S/c1-6-30-17-10-13(9-14(24)20(17)31-7-2)19-18-15(11-23(4,5)12-16(18)29)25-21-26-22(32-8-3)27-28(19)21/h9-10,19H,6-8,11-12H2,1-5H3,(H,25,26,27). The molecule has 1 N–H and O–H groups in total. The Balaban J connectivity index is 1.90. The van der Waals surface area contributed by atoms with Gasteiger partial charge in [-0.3, -0.25) is 4.79 Å². The van der Waals surface area contributed by atoms with Crippen LogP contribution in [0.25, 0.3) is 0 Å².